The van der Waals surface area contributed by atoms with Crippen molar-refractivity contribution in [2.75, 3.05) is 17.5 Å². The number of carbonyl (C=O) groups is 1. The van der Waals surface area contributed by atoms with Gasteiger partial charge in [0.25, 0.3) is 10.0 Å². The van der Waals surface area contributed by atoms with Crippen LogP contribution in [0.1, 0.15) is 25.5 Å². The number of anilines is 1. The summed E-state index contributed by atoms with van der Waals surface area (Å²) < 4.78 is 46.2. The maximum absolute atomic E-state index is 13.3. The lowest BCUT2D eigenvalue weighted by atomic mass is 10.1. The molecule has 0 spiro atoms. The number of para-hydroxylation sites is 1. The summed E-state index contributed by atoms with van der Waals surface area (Å²) in [5.41, 5.74) is 1.19. The van der Waals surface area contributed by atoms with E-state index in [1.54, 1.807) is 30.3 Å². The minimum atomic E-state index is -4.09. The van der Waals surface area contributed by atoms with Crippen LogP contribution in [0.4, 0.5) is 10.1 Å². The van der Waals surface area contributed by atoms with E-state index in [0.29, 0.717) is 12.3 Å². The maximum Gasteiger partial charge on any atom is 0.264 e. The Labute approximate surface area is 187 Å². The van der Waals surface area contributed by atoms with Crippen molar-refractivity contribution >= 4 is 21.6 Å². The summed E-state index contributed by atoms with van der Waals surface area (Å²) in [5, 5.41) is 2.83. The van der Waals surface area contributed by atoms with Crippen LogP contribution in [0.5, 0.6) is 5.75 Å². The lowest BCUT2D eigenvalue weighted by Gasteiger charge is -2.25. The van der Waals surface area contributed by atoms with E-state index in [1.807, 2.05) is 38.1 Å². The highest BCUT2D eigenvalue weighted by molar-refractivity contribution is 7.92. The number of benzene rings is 3. The first kappa shape index (κ1) is 23.3. The Morgan fingerprint density at radius 1 is 1.00 bits per heavy atom. The van der Waals surface area contributed by atoms with E-state index in [4.69, 9.17) is 4.74 Å². The molecule has 3 rings (SSSR count). The minimum absolute atomic E-state index is 0.102. The van der Waals surface area contributed by atoms with E-state index >= 15 is 0 Å². The van der Waals surface area contributed by atoms with Gasteiger partial charge in [-0.2, -0.15) is 0 Å². The molecule has 0 aliphatic heterocycles. The summed E-state index contributed by atoms with van der Waals surface area (Å²) >= 11 is 0. The molecule has 0 fully saturated rings. The van der Waals surface area contributed by atoms with Gasteiger partial charge < -0.3 is 10.1 Å². The Hall–Kier alpha value is -3.39. The Morgan fingerprint density at radius 2 is 1.62 bits per heavy atom. The molecule has 0 saturated heterocycles. The van der Waals surface area contributed by atoms with Gasteiger partial charge in [-0.1, -0.05) is 30.3 Å². The van der Waals surface area contributed by atoms with Gasteiger partial charge in [0.2, 0.25) is 5.91 Å². The summed E-state index contributed by atoms with van der Waals surface area (Å²) in [4.78, 5) is 12.7. The van der Waals surface area contributed by atoms with Crippen molar-refractivity contribution in [3.05, 3.63) is 90.2 Å². The molecule has 0 heterocycles. The van der Waals surface area contributed by atoms with E-state index < -0.39 is 28.3 Å². The summed E-state index contributed by atoms with van der Waals surface area (Å²) in [6.07, 6.45) is 0. The molecule has 1 atom stereocenters. The Kier molecular flexibility index (Phi) is 7.48. The SMILES string of the molecule is CCOc1ccc([C@H](C)NC(=O)CN(c2ccccc2)S(=O)(=O)c2ccc(F)cc2)cc1. The number of nitrogens with zero attached hydrogens (tertiary/aromatic N) is 1. The fourth-order valence-corrected chi connectivity index (χ4v) is 4.58. The first-order chi connectivity index (χ1) is 15.3. The van der Waals surface area contributed by atoms with Gasteiger partial charge >= 0.3 is 0 Å². The van der Waals surface area contributed by atoms with Gasteiger partial charge in [0.15, 0.2) is 0 Å². The second-order valence-corrected chi connectivity index (χ2v) is 8.95. The van der Waals surface area contributed by atoms with E-state index in [-0.39, 0.29) is 10.9 Å². The molecule has 0 radical (unpaired) electrons. The van der Waals surface area contributed by atoms with Crippen LogP contribution >= 0.6 is 0 Å². The van der Waals surface area contributed by atoms with Crippen LogP contribution in [0.3, 0.4) is 0 Å². The van der Waals surface area contributed by atoms with Crippen molar-refractivity contribution in [3.63, 3.8) is 0 Å². The highest BCUT2D eigenvalue weighted by Crippen LogP contribution is 2.24. The van der Waals surface area contributed by atoms with Crippen LogP contribution in [-0.2, 0) is 14.8 Å². The highest BCUT2D eigenvalue weighted by atomic mass is 32.2. The van der Waals surface area contributed by atoms with E-state index in [1.165, 1.54) is 12.1 Å². The predicted octanol–water partition coefficient (Wildman–Crippen LogP) is 4.30. The fourth-order valence-electron chi connectivity index (χ4n) is 3.16. The standard InChI is InChI=1S/C24H25FN2O4S/c1-3-31-22-13-9-19(10-14-22)18(2)26-24(28)17-27(21-7-5-4-6-8-21)32(29,30)23-15-11-20(25)12-16-23/h4-16,18H,3,17H2,1-2H3,(H,26,28)/t18-/m0/s1. The van der Waals surface area contributed by atoms with Crippen LogP contribution < -0.4 is 14.4 Å². The van der Waals surface area contributed by atoms with Gasteiger partial charge in [-0.25, -0.2) is 12.8 Å². The Bertz CT molecular complexity index is 1130. The molecule has 0 unspecified atom stereocenters. The number of nitrogens with one attached hydrogen (secondary N) is 1. The van der Waals surface area contributed by atoms with Crippen molar-refractivity contribution in [1.29, 1.82) is 0 Å². The molecule has 8 heteroatoms. The highest BCUT2D eigenvalue weighted by Gasteiger charge is 2.27. The molecule has 0 aliphatic carbocycles. The van der Waals surface area contributed by atoms with Gasteiger partial charge in [-0.05, 0) is 67.9 Å². The van der Waals surface area contributed by atoms with Gasteiger partial charge in [0.1, 0.15) is 18.1 Å². The van der Waals surface area contributed by atoms with Crippen molar-refractivity contribution in [2.24, 2.45) is 0 Å². The third-order valence-corrected chi connectivity index (χ3v) is 6.59. The zero-order chi connectivity index (χ0) is 23.1. The smallest absolute Gasteiger partial charge is 0.264 e. The van der Waals surface area contributed by atoms with Crippen LogP contribution in [0.25, 0.3) is 0 Å². The number of rotatable bonds is 9. The molecular formula is C24H25FN2O4S. The quantitative estimate of drug-likeness (QED) is 0.521. The molecule has 3 aromatic rings. The van der Waals surface area contributed by atoms with E-state index in [2.05, 4.69) is 5.32 Å². The number of sulfonamides is 1. The maximum atomic E-state index is 13.3. The van der Waals surface area contributed by atoms with Crippen molar-refractivity contribution in [1.82, 2.24) is 5.32 Å². The largest absolute Gasteiger partial charge is 0.494 e. The number of carbonyl (C=O) groups excluding carboxylic acids is 1. The third-order valence-electron chi connectivity index (χ3n) is 4.80. The van der Waals surface area contributed by atoms with Crippen LogP contribution in [0.2, 0.25) is 0 Å². The Balaban J connectivity index is 1.80. The average molecular weight is 457 g/mol. The minimum Gasteiger partial charge on any atom is -0.494 e. The molecule has 168 valence electrons. The number of amides is 1. The first-order valence-corrected chi connectivity index (χ1v) is 11.6. The number of hydrogen-bond acceptors (Lipinski definition) is 4. The summed E-state index contributed by atoms with van der Waals surface area (Å²) in [7, 11) is -4.09. The Morgan fingerprint density at radius 3 is 2.22 bits per heavy atom. The topological polar surface area (TPSA) is 75.7 Å². The first-order valence-electron chi connectivity index (χ1n) is 10.2. The van der Waals surface area contributed by atoms with Gasteiger partial charge in [0, 0.05) is 0 Å². The second kappa shape index (κ2) is 10.3. The zero-order valence-electron chi connectivity index (χ0n) is 17.9. The monoisotopic (exact) mass is 456 g/mol. The van der Waals surface area contributed by atoms with Gasteiger partial charge in [-0.3, -0.25) is 9.10 Å². The third kappa shape index (κ3) is 5.64. The lowest BCUT2D eigenvalue weighted by Crippen LogP contribution is -2.41. The number of halogens is 1. The second-order valence-electron chi connectivity index (χ2n) is 7.09. The van der Waals surface area contributed by atoms with Crippen LogP contribution in [0, 0.1) is 5.82 Å². The van der Waals surface area contributed by atoms with Crippen LogP contribution in [0.15, 0.2) is 83.8 Å². The van der Waals surface area contributed by atoms with Crippen LogP contribution in [-0.4, -0.2) is 27.5 Å². The molecular weight excluding hydrogens is 431 g/mol. The lowest BCUT2D eigenvalue weighted by molar-refractivity contribution is -0.120. The normalized spacial score (nSPS) is 12.1. The van der Waals surface area contributed by atoms with E-state index in [9.17, 15) is 17.6 Å². The number of ether oxygens (including phenoxy) is 1. The van der Waals surface area contributed by atoms with Crippen molar-refractivity contribution < 1.29 is 22.3 Å². The zero-order valence-corrected chi connectivity index (χ0v) is 18.7. The summed E-state index contributed by atoms with van der Waals surface area (Å²) in [6, 6.07) is 19.8. The van der Waals surface area contributed by atoms with Gasteiger partial charge in [-0.15, -0.1) is 0 Å². The molecule has 6 nitrogen and oxygen atoms in total. The molecule has 0 aromatic heterocycles. The summed E-state index contributed by atoms with van der Waals surface area (Å²) in [6.45, 7) is 3.85. The summed E-state index contributed by atoms with van der Waals surface area (Å²) in [5.74, 6) is -0.284. The molecule has 32 heavy (non-hydrogen) atoms. The molecule has 0 bridgehead atoms. The molecule has 0 saturated carbocycles. The average Bonchev–Trinajstić information content (AvgIpc) is 2.79. The molecule has 0 aliphatic rings. The predicted molar refractivity (Wildman–Crippen MR) is 122 cm³/mol. The van der Waals surface area contributed by atoms with E-state index in [0.717, 1.165) is 27.8 Å². The molecule has 1 amide bonds. The van der Waals surface area contributed by atoms with Crippen molar-refractivity contribution in [2.45, 2.75) is 24.8 Å². The van der Waals surface area contributed by atoms with Gasteiger partial charge in [0.05, 0.1) is 23.2 Å². The fraction of sp³-hybridized carbons (Fsp3) is 0.208. The van der Waals surface area contributed by atoms with Crippen molar-refractivity contribution in [3.8, 4) is 5.75 Å². The molecule has 1 N–H and O–H groups in total. The number of hydrogen-bond donors (Lipinski definition) is 1. The molecule has 3 aromatic carbocycles.